The number of carbonyl (C=O) groups is 4. The number of fused-ring (bicyclic) bond motifs is 1. The maximum atomic E-state index is 14.0. The van der Waals surface area contributed by atoms with E-state index in [1.807, 2.05) is 54.6 Å². The van der Waals surface area contributed by atoms with Crippen molar-refractivity contribution in [2.45, 2.75) is 69.1 Å². The van der Waals surface area contributed by atoms with E-state index < -0.39 is 11.2 Å². The number of anilines is 2. The fourth-order valence-electron chi connectivity index (χ4n) is 5.65. The molecule has 3 aromatic rings. The molecule has 1 fully saturated rings. The van der Waals surface area contributed by atoms with Gasteiger partial charge in [0, 0.05) is 34.8 Å². The van der Waals surface area contributed by atoms with Crippen molar-refractivity contribution in [2.75, 3.05) is 23.8 Å². The lowest BCUT2D eigenvalue weighted by Gasteiger charge is -2.25. The molecule has 43 heavy (non-hydrogen) atoms. The molecule has 10 heteroatoms. The van der Waals surface area contributed by atoms with Crippen LogP contribution in [0.2, 0.25) is 0 Å². The number of esters is 1. The average Bonchev–Trinajstić information content (AvgIpc) is 3.38. The number of amides is 3. The van der Waals surface area contributed by atoms with Crippen LogP contribution in [0.25, 0.3) is 0 Å². The van der Waals surface area contributed by atoms with Gasteiger partial charge in [-0.3, -0.25) is 14.4 Å². The zero-order chi connectivity index (χ0) is 30.3. The normalized spacial score (nSPS) is 15.7. The van der Waals surface area contributed by atoms with Crippen molar-refractivity contribution >= 4 is 57.5 Å². The highest BCUT2D eigenvalue weighted by Gasteiger charge is 2.32. The quantitative estimate of drug-likeness (QED) is 0.201. The summed E-state index contributed by atoms with van der Waals surface area (Å²) in [6, 6.07) is 17.1. The van der Waals surface area contributed by atoms with Gasteiger partial charge in [0.25, 0.3) is 0 Å². The summed E-state index contributed by atoms with van der Waals surface area (Å²) < 4.78 is 5.37. The topological polar surface area (TPSA) is 105 Å². The molecule has 3 amide bonds. The number of ether oxygens (including phenoxy) is 1. The first-order valence-electron chi connectivity index (χ1n) is 14.8. The number of nitrogens with one attached hydrogen (secondary N) is 2. The minimum absolute atomic E-state index is 0.0278. The zero-order valence-corrected chi connectivity index (χ0v) is 26.2. The third-order valence-corrected chi connectivity index (χ3v) is 10.3. The Morgan fingerprint density at radius 3 is 2.51 bits per heavy atom. The van der Waals surface area contributed by atoms with Crippen molar-refractivity contribution in [3.63, 3.8) is 0 Å². The van der Waals surface area contributed by atoms with Gasteiger partial charge in [-0.2, -0.15) is 0 Å². The number of thioether (sulfide) groups is 1. The Labute approximate surface area is 260 Å². The van der Waals surface area contributed by atoms with Gasteiger partial charge >= 0.3 is 5.97 Å². The van der Waals surface area contributed by atoms with E-state index in [9.17, 15) is 19.2 Å². The minimum atomic E-state index is -0.631. The van der Waals surface area contributed by atoms with Crippen molar-refractivity contribution < 1.29 is 23.9 Å². The van der Waals surface area contributed by atoms with Gasteiger partial charge in [0.05, 0.1) is 18.7 Å². The summed E-state index contributed by atoms with van der Waals surface area (Å²) in [6.07, 6.45) is 5.72. The van der Waals surface area contributed by atoms with Crippen LogP contribution in [0.3, 0.4) is 0 Å². The molecule has 1 aromatic heterocycles. The molecule has 2 heterocycles. The Kier molecular flexibility index (Phi) is 10.2. The molecule has 1 aliphatic heterocycles. The van der Waals surface area contributed by atoms with Gasteiger partial charge in [0.15, 0.2) is 0 Å². The molecule has 1 unspecified atom stereocenters. The lowest BCUT2D eigenvalue weighted by Crippen LogP contribution is -2.34. The van der Waals surface area contributed by atoms with E-state index in [0.717, 1.165) is 46.6 Å². The molecule has 1 atom stereocenters. The molecular formula is C33H37N3O5S2. The molecule has 2 N–H and O–H groups in total. The van der Waals surface area contributed by atoms with E-state index in [1.54, 1.807) is 11.8 Å². The fraction of sp³-hybridized carbons (Fsp3) is 0.394. The third kappa shape index (κ3) is 7.48. The Bertz CT molecular complexity index is 1480. The third-order valence-electron chi connectivity index (χ3n) is 7.89. The van der Waals surface area contributed by atoms with Gasteiger partial charge in [-0.05, 0) is 55.5 Å². The molecule has 1 aliphatic carbocycles. The first-order chi connectivity index (χ1) is 20.8. The second-order valence-electron chi connectivity index (χ2n) is 10.9. The first-order valence-corrected chi connectivity index (χ1v) is 16.5. The van der Waals surface area contributed by atoms with Crippen molar-refractivity contribution in [1.82, 2.24) is 4.90 Å². The highest BCUT2D eigenvalue weighted by atomic mass is 32.2. The molecule has 1 saturated carbocycles. The largest absolute Gasteiger partial charge is 0.462 e. The Morgan fingerprint density at radius 1 is 1.02 bits per heavy atom. The van der Waals surface area contributed by atoms with Gasteiger partial charge in [0.2, 0.25) is 17.7 Å². The maximum Gasteiger partial charge on any atom is 0.341 e. The van der Waals surface area contributed by atoms with E-state index in [4.69, 9.17) is 4.74 Å². The van der Waals surface area contributed by atoms with Crippen LogP contribution in [0.1, 0.15) is 77.6 Å². The van der Waals surface area contributed by atoms with Crippen LogP contribution < -0.4 is 10.6 Å². The zero-order valence-electron chi connectivity index (χ0n) is 24.5. The highest BCUT2D eigenvalue weighted by molar-refractivity contribution is 8.00. The SMILES string of the molecule is CCOC(=O)c1c(NC(=O)C(Sc2cccc(NC(=O)C3CCCCC3)c2)c2ccccc2)sc2c1CCN(C(C)=O)C2. The Hall–Kier alpha value is -3.63. The molecule has 2 aliphatic rings. The molecule has 226 valence electrons. The van der Waals surface area contributed by atoms with Crippen LogP contribution in [-0.2, 0) is 32.1 Å². The molecule has 0 bridgehead atoms. The number of thiophene rings is 1. The molecule has 0 radical (unpaired) electrons. The summed E-state index contributed by atoms with van der Waals surface area (Å²) in [7, 11) is 0. The predicted molar refractivity (Wildman–Crippen MR) is 170 cm³/mol. The molecular weight excluding hydrogens is 583 g/mol. The summed E-state index contributed by atoms with van der Waals surface area (Å²) >= 11 is 2.71. The highest BCUT2D eigenvalue weighted by Crippen LogP contribution is 2.41. The lowest BCUT2D eigenvalue weighted by atomic mass is 9.88. The summed E-state index contributed by atoms with van der Waals surface area (Å²) in [5, 5.41) is 5.93. The molecule has 2 aromatic carbocycles. The van der Waals surface area contributed by atoms with Crippen molar-refractivity contribution in [3.05, 3.63) is 76.2 Å². The number of benzene rings is 2. The number of hydrogen-bond acceptors (Lipinski definition) is 7. The van der Waals surface area contributed by atoms with Crippen molar-refractivity contribution in [1.29, 1.82) is 0 Å². The van der Waals surface area contributed by atoms with Crippen LogP contribution in [0.5, 0.6) is 0 Å². The summed E-state index contributed by atoms with van der Waals surface area (Å²) in [4.78, 5) is 55.4. The smallest absolute Gasteiger partial charge is 0.341 e. The van der Waals surface area contributed by atoms with E-state index in [1.165, 1.54) is 36.4 Å². The van der Waals surface area contributed by atoms with Crippen LogP contribution in [-0.4, -0.2) is 41.7 Å². The first kappa shape index (κ1) is 30.8. The Balaban J connectivity index is 1.39. The average molecular weight is 620 g/mol. The monoisotopic (exact) mass is 619 g/mol. The van der Waals surface area contributed by atoms with Crippen LogP contribution >= 0.6 is 23.1 Å². The minimum Gasteiger partial charge on any atom is -0.462 e. The van der Waals surface area contributed by atoms with Gasteiger partial charge in [-0.25, -0.2) is 4.79 Å². The van der Waals surface area contributed by atoms with Crippen molar-refractivity contribution in [3.8, 4) is 0 Å². The number of carbonyl (C=O) groups excluding carboxylic acids is 4. The summed E-state index contributed by atoms with van der Waals surface area (Å²) in [5.74, 6) is -0.686. The fourth-order valence-corrected chi connectivity index (χ4v) is 7.99. The van der Waals surface area contributed by atoms with Crippen LogP contribution in [0.15, 0.2) is 59.5 Å². The second kappa shape index (κ2) is 14.2. The van der Waals surface area contributed by atoms with E-state index in [-0.39, 0.29) is 30.2 Å². The van der Waals surface area contributed by atoms with Gasteiger partial charge in [-0.1, -0.05) is 55.7 Å². The molecule has 0 saturated heterocycles. The van der Waals surface area contributed by atoms with Crippen LogP contribution in [0.4, 0.5) is 10.7 Å². The molecule has 5 rings (SSSR count). The van der Waals surface area contributed by atoms with Gasteiger partial charge < -0.3 is 20.3 Å². The van der Waals surface area contributed by atoms with Crippen molar-refractivity contribution in [2.24, 2.45) is 5.92 Å². The standard InChI is InChI=1S/C33H37N3O5S2/c1-3-41-33(40)28-26-17-18-36(21(2)37)20-27(26)43-32(28)35-31(39)29(22-11-6-4-7-12-22)42-25-16-10-15-24(19-25)34-30(38)23-13-8-5-9-14-23/h4,6-7,10-12,15-16,19,23,29H,3,5,8-9,13-14,17-18,20H2,1-2H3,(H,34,38)(H,35,39). The lowest BCUT2D eigenvalue weighted by molar-refractivity contribution is -0.129. The molecule has 0 spiro atoms. The summed E-state index contributed by atoms with van der Waals surface area (Å²) in [6.45, 7) is 4.40. The number of hydrogen-bond donors (Lipinski definition) is 2. The second-order valence-corrected chi connectivity index (χ2v) is 13.2. The van der Waals surface area contributed by atoms with Gasteiger partial charge in [-0.15, -0.1) is 23.1 Å². The predicted octanol–water partition coefficient (Wildman–Crippen LogP) is 6.82. The Morgan fingerprint density at radius 2 is 1.79 bits per heavy atom. The van der Waals surface area contributed by atoms with E-state index in [0.29, 0.717) is 35.8 Å². The van der Waals surface area contributed by atoms with E-state index in [2.05, 4.69) is 10.6 Å². The summed E-state index contributed by atoms with van der Waals surface area (Å²) in [5.41, 5.74) is 2.73. The van der Waals surface area contributed by atoms with Crippen LogP contribution in [0, 0.1) is 5.92 Å². The molecule has 8 nitrogen and oxygen atoms in total. The van der Waals surface area contributed by atoms with Gasteiger partial charge in [0.1, 0.15) is 10.3 Å². The number of rotatable bonds is 9. The number of nitrogens with zero attached hydrogens (tertiary/aromatic N) is 1. The maximum absolute atomic E-state index is 14.0. The van der Waals surface area contributed by atoms with E-state index >= 15 is 0 Å².